The number of carbonyl (C=O) groups excluding carboxylic acids is 1. The third kappa shape index (κ3) is 6.42. The van der Waals surface area contributed by atoms with Crippen LogP contribution in [-0.4, -0.2) is 80.0 Å². The van der Waals surface area contributed by atoms with Gasteiger partial charge in [-0.2, -0.15) is 0 Å². The summed E-state index contributed by atoms with van der Waals surface area (Å²) in [5, 5.41) is 6.18. The molecule has 0 spiro atoms. The standard InChI is InChI=1S/C19H28N6O/c1-24(2)12-10-20-17-14-16(19(26)21-11-13-25(3)4)22-18(23-17)15-8-6-5-7-9-15/h5-9,14H,10-13H2,1-4H3,(H,21,26)(H,20,22,23). The second kappa shape index (κ2) is 9.84. The van der Waals surface area contributed by atoms with Crippen LogP contribution in [0.25, 0.3) is 11.4 Å². The molecule has 0 unspecified atom stereocenters. The molecule has 0 aliphatic carbocycles. The van der Waals surface area contributed by atoms with Gasteiger partial charge in [-0.25, -0.2) is 9.97 Å². The quantitative estimate of drug-likeness (QED) is 0.708. The molecule has 0 atom stereocenters. The van der Waals surface area contributed by atoms with Gasteiger partial charge in [0, 0.05) is 37.8 Å². The number of nitrogens with zero attached hydrogens (tertiary/aromatic N) is 4. The van der Waals surface area contributed by atoms with Crippen LogP contribution >= 0.6 is 0 Å². The number of rotatable bonds is 9. The molecule has 0 fully saturated rings. The van der Waals surface area contributed by atoms with Gasteiger partial charge in [0.25, 0.3) is 5.91 Å². The van der Waals surface area contributed by atoms with Crippen molar-refractivity contribution >= 4 is 11.7 Å². The molecule has 2 N–H and O–H groups in total. The summed E-state index contributed by atoms with van der Waals surface area (Å²) in [6.45, 7) is 2.95. The van der Waals surface area contributed by atoms with Gasteiger partial charge in [-0.1, -0.05) is 30.3 Å². The van der Waals surface area contributed by atoms with Crippen molar-refractivity contribution in [1.29, 1.82) is 0 Å². The SMILES string of the molecule is CN(C)CCNC(=O)c1cc(NCCN(C)C)nc(-c2ccccc2)n1. The molecule has 26 heavy (non-hydrogen) atoms. The average Bonchev–Trinajstić information content (AvgIpc) is 2.61. The lowest BCUT2D eigenvalue weighted by Crippen LogP contribution is -2.32. The molecule has 1 heterocycles. The van der Waals surface area contributed by atoms with E-state index in [2.05, 4.69) is 25.5 Å². The first kappa shape index (κ1) is 19.8. The molecular weight excluding hydrogens is 328 g/mol. The van der Waals surface area contributed by atoms with Crippen LogP contribution in [0.3, 0.4) is 0 Å². The van der Waals surface area contributed by atoms with Gasteiger partial charge in [0.15, 0.2) is 5.82 Å². The van der Waals surface area contributed by atoms with Crippen molar-refractivity contribution in [2.24, 2.45) is 0 Å². The molecule has 1 aromatic carbocycles. The Kier molecular flexibility index (Phi) is 7.50. The smallest absolute Gasteiger partial charge is 0.270 e. The van der Waals surface area contributed by atoms with E-state index in [1.54, 1.807) is 6.07 Å². The van der Waals surface area contributed by atoms with Gasteiger partial charge in [-0.05, 0) is 28.2 Å². The summed E-state index contributed by atoms with van der Waals surface area (Å²) < 4.78 is 0. The predicted octanol–water partition coefficient (Wildman–Crippen LogP) is 1.41. The molecular formula is C19H28N6O. The monoisotopic (exact) mass is 356 g/mol. The highest BCUT2D eigenvalue weighted by molar-refractivity contribution is 5.93. The molecule has 2 aromatic rings. The summed E-state index contributed by atoms with van der Waals surface area (Å²) in [4.78, 5) is 25.6. The van der Waals surface area contributed by atoms with E-state index in [0.29, 0.717) is 23.9 Å². The second-order valence-electron chi connectivity index (χ2n) is 6.62. The molecule has 0 aliphatic heterocycles. The number of carbonyl (C=O) groups is 1. The van der Waals surface area contributed by atoms with E-state index in [1.165, 1.54) is 0 Å². The van der Waals surface area contributed by atoms with Crippen LogP contribution < -0.4 is 10.6 Å². The minimum Gasteiger partial charge on any atom is -0.369 e. The summed E-state index contributed by atoms with van der Waals surface area (Å²) in [5.74, 6) is 0.999. The molecule has 7 heteroatoms. The Morgan fingerprint density at radius 1 is 0.962 bits per heavy atom. The Morgan fingerprint density at radius 2 is 1.62 bits per heavy atom. The molecule has 1 amide bonds. The van der Waals surface area contributed by atoms with Gasteiger partial charge in [-0.3, -0.25) is 4.79 Å². The van der Waals surface area contributed by atoms with Crippen LogP contribution in [0.1, 0.15) is 10.5 Å². The van der Waals surface area contributed by atoms with Crippen LogP contribution in [0.15, 0.2) is 36.4 Å². The average molecular weight is 356 g/mol. The first-order valence-electron chi connectivity index (χ1n) is 8.72. The third-order valence-corrected chi connectivity index (χ3v) is 3.70. The van der Waals surface area contributed by atoms with E-state index < -0.39 is 0 Å². The van der Waals surface area contributed by atoms with E-state index >= 15 is 0 Å². The van der Waals surface area contributed by atoms with Crippen molar-refractivity contribution < 1.29 is 4.79 Å². The van der Waals surface area contributed by atoms with E-state index in [0.717, 1.165) is 25.2 Å². The van der Waals surface area contributed by atoms with Crippen LogP contribution in [0, 0.1) is 0 Å². The maximum Gasteiger partial charge on any atom is 0.270 e. The number of hydrogen-bond donors (Lipinski definition) is 2. The Bertz CT molecular complexity index is 702. The molecule has 0 bridgehead atoms. The molecule has 7 nitrogen and oxygen atoms in total. The van der Waals surface area contributed by atoms with Crippen molar-refractivity contribution in [3.63, 3.8) is 0 Å². The molecule has 0 aliphatic rings. The fourth-order valence-electron chi connectivity index (χ4n) is 2.26. The topological polar surface area (TPSA) is 73.4 Å². The molecule has 2 rings (SSSR count). The summed E-state index contributed by atoms with van der Waals surface area (Å²) >= 11 is 0. The second-order valence-corrected chi connectivity index (χ2v) is 6.62. The van der Waals surface area contributed by atoms with E-state index in [1.807, 2.05) is 63.4 Å². The highest BCUT2D eigenvalue weighted by atomic mass is 16.1. The largest absolute Gasteiger partial charge is 0.369 e. The summed E-state index contributed by atoms with van der Waals surface area (Å²) in [6.07, 6.45) is 0. The maximum atomic E-state index is 12.5. The Balaban J connectivity index is 2.20. The molecule has 0 saturated carbocycles. The molecule has 0 radical (unpaired) electrons. The van der Waals surface area contributed by atoms with Crippen molar-refractivity contribution in [3.8, 4) is 11.4 Å². The zero-order valence-electron chi connectivity index (χ0n) is 16.0. The lowest BCUT2D eigenvalue weighted by molar-refractivity contribution is 0.0946. The van der Waals surface area contributed by atoms with Gasteiger partial charge < -0.3 is 20.4 Å². The summed E-state index contributed by atoms with van der Waals surface area (Å²) in [6, 6.07) is 11.4. The molecule has 0 saturated heterocycles. The van der Waals surface area contributed by atoms with Gasteiger partial charge in [0.2, 0.25) is 0 Å². The number of likely N-dealkylation sites (N-methyl/N-ethyl adjacent to an activating group) is 2. The summed E-state index contributed by atoms with van der Waals surface area (Å²) in [7, 11) is 7.97. The normalized spacial score (nSPS) is 11.0. The van der Waals surface area contributed by atoms with E-state index in [4.69, 9.17) is 0 Å². The lowest BCUT2D eigenvalue weighted by Gasteiger charge is -2.13. The lowest BCUT2D eigenvalue weighted by atomic mass is 10.2. The number of aromatic nitrogens is 2. The zero-order chi connectivity index (χ0) is 18.9. The Labute approximate surface area is 155 Å². The number of nitrogens with one attached hydrogen (secondary N) is 2. The number of amides is 1. The van der Waals surface area contributed by atoms with Crippen LogP contribution in [0.4, 0.5) is 5.82 Å². The fraction of sp³-hybridized carbons (Fsp3) is 0.421. The Hall–Kier alpha value is -2.51. The van der Waals surface area contributed by atoms with Crippen LogP contribution in [0.2, 0.25) is 0 Å². The van der Waals surface area contributed by atoms with Crippen molar-refractivity contribution in [2.45, 2.75) is 0 Å². The van der Waals surface area contributed by atoms with Crippen molar-refractivity contribution in [2.75, 3.05) is 59.7 Å². The van der Waals surface area contributed by atoms with Crippen LogP contribution in [-0.2, 0) is 0 Å². The highest BCUT2D eigenvalue weighted by Crippen LogP contribution is 2.17. The molecule has 140 valence electrons. The highest BCUT2D eigenvalue weighted by Gasteiger charge is 2.13. The van der Waals surface area contributed by atoms with Crippen LogP contribution in [0.5, 0.6) is 0 Å². The first-order chi connectivity index (χ1) is 12.5. The van der Waals surface area contributed by atoms with E-state index in [9.17, 15) is 4.79 Å². The number of benzene rings is 1. The fourth-order valence-corrected chi connectivity index (χ4v) is 2.26. The first-order valence-corrected chi connectivity index (χ1v) is 8.72. The maximum absolute atomic E-state index is 12.5. The number of hydrogen-bond acceptors (Lipinski definition) is 6. The van der Waals surface area contributed by atoms with Gasteiger partial charge in [0.1, 0.15) is 11.5 Å². The molecule has 1 aromatic heterocycles. The van der Waals surface area contributed by atoms with Gasteiger partial charge >= 0.3 is 0 Å². The minimum absolute atomic E-state index is 0.193. The van der Waals surface area contributed by atoms with Crippen molar-refractivity contribution in [1.82, 2.24) is 25.1 Å². The van der Waals surface area contributed by atoms with Gasteiger partial charge in [0.05, 0.1) is 0 Å². The van der Waals surface area contributed by atoms with Gasteiger partial charge in [-0.15, -0.1) is 0 Å². The Morgan fingerprint density at radius 3 is 2.27 bits per heavy atom. The third-order valence-electron chi connectivity index (χ3n) is 3.70. The predicted molar refractivity (Wildman–Crippen MR) is 105 cm³/mol. The summed E-state index contributed by atoms with van der Waals surface area (Å²) in [5.41, 5.74) is 1.25. The van der Waals surface area contributed by atoms with Crippen molar-refractivity contribution in [3.05, 3.63) is 42.1 Å². The number of anilines is 1. The van der Waals surface area contributed by atoms with E-state index in [-0.39, 0.29) is 5.91 Å². The zero-order valence-corrected chi connectivity index (χ0v) is 16.0. The minimum atomic E-state index is -0.193.